The Morgan fingerprint density at radius 2 is 2.36 bits per heavy atom. The molecule has 1 heterocycles. The van der Waals surface area contributed by atoms with Crippen molar-refractivity contribution in [3.63, 3.8) is 0 Å². The van der Waals surface area contributed by atoms with Crippen LogP contribution in [0.1, 0.15) is 38.1 Å². The van der Waals surface area contributed by atoms with E-state index in [0.29, 0.717) is 6.04 Å². The van der Waals surface area contributed by atoms with Crippen LogP contribution in [0.4, 0.5) is 0 Å². The SMILES string of the molecule is CCC(C)NCCCCc1nccs1. The van der Waals surface area contributed by atoms with Crippen molar-refractivity contribution in [2.75, 3.05) is 6.54 Å². The number of aromatic nitrogens is 1. The number of aryl methyl sites for hydroxylation is 1. The van der Waals surface area contributed by atoms with Gasteiger partial charge in [-0.05, 0) is 39.2 Å². The van der Waals surface area contributed by atoms with Crippen LogP contribution in [0, 0.1) is 0 Å². The third-order valence-corrected chi connectivity index (χ3v) is 3.25. The zero-order valence-corrected chi connectivity index (χ0v) is 9.94. The fraction of sp³-hybridized carbons (Fsp3) is 0.727. The Morgan fingerprint density at radius 1 is 1.50 bits per heavy atom. The van der Waals surface area contributed by atoms with E-state index in [2.05, 4.69) is 24.1 Å². The van der Waals surface area contributed by atoms with E-state index in [1.807, 2.05) is 11.6 Å². The molecule has 80 valence electrons. The maximum Gasteiger partial charge on any atom is 0.0924 e. The maximum atomic E-state index is 4.26. The minimum atomic E-state index is 0.662. The molecule has 0 spiro atoms. The van der Waals surface area contributed by atoms with Gasteiger partial charge in [-0.3, -0.25) is 0 Å². The van der Waals surface area contributed by atoms with Crippen molar-refractivity contribution in [2.45, 2.75) is 45.6 Å². The van der Waals surface area contributed by atoms with Crippen LogP contribution in [0.3, 0.4) is 0 Å². The number of thiazole rings is 1. The van der Waals surface area contributed by atoms with Gasteiger partial charge in [-0.1, -0.05) is 6.92 Å². The standard InChI is InChI=1S/C11H20N2S/c1-3-10(2)12-7-5-4-6-11-13-8-9-14-11/h8-10,12H,3-7H2,1-2H3. The molecule has 0 bridgehead atoms. The topological polar surface area (TPSA) is 24.9 Å². The zero-order chi connectivity index (χ0) is 10.2. The molecule has 0 radical (unpaired) electrons. The minimum Gasteiger partial charge on any atom is -0.314 e. The molecule has 0 fully saturated rings. The lowest BCUT2D eigenvalue weighted by atomic mass is 10.2. The van der Waals surface area contributed by atoms with Gasteiger partial charge in [-0.2, -0.15) is 0 Å². The number of nitrogens with zero attached hydrogens (tertiary/aromatic N) is 1. The first-order valence-corrected chi connectivity index (χ1v) is 6.32. The highest BCUT2D eigenvalue weighted by Crippen LogP contribution is 2.07. The Labute approximate surface area is 90.8 Å². The van der Waals surface area contributed by atoms with Crippen LogP contribution < -0.4 is 5.32 Å². The first kappa shape index (κ1) is 11.7. The van der Waals surface area contributed by atoms with Gasteiger partial charge < -0.3 is 5.32 Å². The van der Waals surface area contributed by atoms with Crippen molar-refractivity contribution in [2.24, 2.45) is 0 Å². The van der Waals surface area contributed by atoms with Crippen molar-refractivity contribution in [3.8, 4) is 0 Å². The molecule has 1 atom stereocenters. The van der Waals surface area contributed by atoms with E-state index in [1.54, 1.807) is 11.3 Å². The molecule has 1 aromatic rings. The number of rotatable bonds is 7. The quantitative estimate of drug-likeness (QED) is 0.703. The van der Waals surface area contributed by atoms with Gasteiger partial charge in [-0.25, -0.2) is 4.98 Å². The van der Waals surface area contributed by atoms with E-state index in [1.165, 1.54) is 24.3 Å². The molecular weight excluding hydrogens is 192 g/mol. The molecule has 0 amide bonds. The van der Waals surface area contributed by atoms with Gasteiger partial charge in [0, 0.05) is 17.6 Å². The van der Waals surface area contributed by atoms with Crippen LogP contribution >= 0.6 is 11.3 Å². The summed E-state index contributed by atoms with van der Waals surface area (Å²) in [7, 11) is 0. The van der Waals surface area contributed by atoms with E-state index in [-0.39, 0.29) is 0 Å². The van der Waals surface area contributed by atoms with Crippen LogP contribution in [-0.4, -0.2) is 17.6 Å². The highest BCUT2D eigenvalue weighted by molar-refractivity contribution is 7.09. The Balaban J connectivity index is 1.95. The number of unbranched alkanes of at least 4 members (excludes halogenated alkanes) is 1. The Hall–Kier alpha value is -0.410. The first-order chi connectivity index (χ1) is 6.83. The van der Waals surface area contributed by atoms with Gasteiger partial charge >= 0.3 is 0 Å². The summed E-state index contributed by atoms with van der Waals surface area (Å²) >= 11 is 1.76. The van der Waals surface area contributed by atoms with E-state index < -0.39 is 0 Å². The van der Waals surface area contributed by atoms with Gasteiger partial charge in [0.25, 0.3) is 0 Å². The van der Waals surface area contributed by atoms with Gasteiger partial charge in [0.2, 0.25) is 0 Å². The van der Waals surface area contributed by atoms with Crippen molar-refractivity contribution >= 4 is 11.3 Å². The summed E-state index contributed by atoms with van der Waals surface area (Å²) in [6.45, 7) is 5.59. The Kier molecular flexibility index (Phi) is 5.80. The number of nitrogens with one attached hydrogen (secondary N) is 1. The van der Waals surface area contributed by atoms with Crippen molar-refractivity contribution in [1.82, 2.24) is 10.3 Å². The smallest absolute Gasteiger partial charge is 0.0924 e. The highest BCUT2D eigenvalue weighted by atomic mass is 32.1. The summed E-state index contributed by atoms with van der Waals surface area (Å²) < 4.78 is 0. The molecule has 0 aliphatic heterocycles. The molecule has 2 nitrogen and oxygen atoms in total. The van der Waals surface area contributed by atoms with Crippen LogP contribution in [0.5, 0.6) is 0 Å². The number of hydrogen-bond donors (Lipinski definition) is 1. The Bertz CT molecular complexity index is 221. The largest absolute Gasteiger partial charge is 0.314 e. The summed E-state index contributed by atoms with van der Waals surface area (Å²) in [5, 5.41) is 6.82. The second kappa shape index (κ2) is 6.96. The molecule has 0 aromatic carbocycles. The van der Waals surface area contributed by atoms with Gasteiger partial charge in [0.15, 0.2) is 0 Å². The number of hydrogen-bond acceptors (Lipinski definition) is 3. The molecule has 0 aliphatic rings. The third kappa shape index (κ3) is 4.72. The zero-order valence-electron chi connectivity index (χ0n) is 9.12. The normalized spacial score (nSPS) is 13.0. The molecule has 1 N–H and O–H groups in total. The first-order valence-electron chi connectivity index (χ1n) is 5.44. The average Bonchev–Trinajstić information content (AvgIpc) is 2.69. The lowest BCUT2D eigenvalue weighted by Crippen LogP contribution is -2.26. The van der Waals surface area contributed by atoms with E-state index >= 15 is 0 Å². The molecule has 14 heavy (non-hydrogen) atoms. The van der Waals surface area contributed by atoms with Crippen molar-refractivity contribution in [3.05, 3.63) is 16.6 Å². The summed E-state index contributed by atoms with van der Waals surface area (Å²) in [4.78, 5) is 4.26. The average molecular weight is 212 g/mol. The second-order valence-corrected chi connectivity index (χ2v) is 4.63. The molecule has 1 unspecified atom stereocenters. The molecule has 0 saturated carbocycles. The molecule has 0 aliphatic carbocycles. The fourth-order valence-corrected chi connectivity index (χ4v) is 1.93. The van der Waals surface area contributed by atoms with Gasteiger partial charge in [0.05, 0.1) is 5.01 Å². The van der Waals surface area contributed by atoms with Crippen LogP contribution in [0.25, 0.3) is 0 Å². The maximum absolute atomic E-state index is 4.26. The highest BCUT2D eigenvalue weighted by Gasteiger charge is 1.97. The third-order valence-electron chi connectivity index (χ3n) is 2.41. The molecule has 1 aromatic heterocycles. The minimum absolute atomic E-state index is 0.662. The molecule has 1 rings (SSSR count). The summed E-state index contributed by atoms with van der Waals surface area (Å²) in [5.74, 6) is 0. The van der Waals surface area contributed by atoms with Crippen molar-refractivity contribution < 1.29 is 0 Å². The molecule has 3 heteroatoms. The van der Waals surface area contributed by atoms with Crippen molar-refractivity contribution in [1.29, 1.82) is 0 Å². The molecular formula is C11H20N2S. The van der Waals surface area contributed by atoms with E-state index in [0.717, 1.165) is 13.0 Å². The van der Waals surface area contributed by atoms with Crippen LogP contribution in [-0.2, 0) is 6.42 Å². The monoisotopic (exact) mass is 212 g/mol. The predicted molar refractivity (Wildman–Crippen MR) is 62.8 cm³/mol. The van der Waals surface area contributed by atoms with E-state index in [4.69, 9.17) is 0 Å². The second-order valence-electron chi connectivity index (χ2n) is 3.65. The van der Waals surface area contributed by atoms with Gasteiger partial charge in [0.1, 0.15) is 0 Å². The van der Waals surface area contributed by atoms with E-state index in [9.17, 15) is 0 Å². The summed E-state index contributed by atoms with van der Waals surface area (Å²) in [5.41, 5.74) is 0. The fourth-order valence-electron chi connectivity index (χ4n) is 1.27. The lowest BCUT2D eigenvalue weighted by Gasteiger charge is -2.10. The summed E-state index contributed by atoms with van der Waals surface area (Å²) in [6, 6.07) is 0.662. The van der Waals surface area contributed by atoms with Crippen LogP contribution in [0.2, 0.25) is 0 Å². The van der Waals surface area contributed by atoms with Gasteiger partial charge in [-0.15, -0.1) is 11.3 Å². The van der Waals surface area contributed by atoms with Crippen LogP contribution in [0.15, 0.2) is 11.6 Å². The lowest BCUT2D eigenvalue weighted by molar-refractivity contribution is 0.516. The predicted octanol–water partition coefficient (Wildman–Crippen LogP) is 2.85. The summed E-state index contributed by atoms with van der Waals surface area (Å²) in [6.07, 6.45) is 6.74. The Morgan fingerprint density at radius 3 is 3.00 bits per heavy atom. The molecule has 0 saturated heterocycles.